The fourth-order valence-corrected chi connectivity index (χ4v) is 4.31. The molecule has 0 bridgehead atoms. The van der Waals surface area contributed by atoms with Crippen LogP contribution in [0.3, 0.4) is 0 Å². The highest BCUT2D eigenvalue weighted by molar-refractivity contribution is 7.99. The van der Waals surface area contributed by atoms with E-state index in [1.807, 2.05) is 30.3 Å². The zero-order chi connectivity index (χ0) is 21.0. The van der Waals surface area contributed by atoms with Gasteiger partial charge in [-0.25, -0.2) is 12.7 Å². The summed E-state index contributed by atoms with van der Waals surface area (Å²) in [7, 11) is -0.671. The summed E-state index contributed by atoms with van der Waals surface area (Å²) in [5.41, 5.74) is 1.80. The summed E-state index contributed by atoms with van der Waals surface area (Å²) in [5.74, 6) is -0.230. The number of carbonyl (C=O) groups excluding carboxylic acids is 1. The van der Waals surface area contributed by atoms with Crippen molar-refractivity contribution in [2.45, 2.75) is 17.0 Å². The molecule has 0 aliphatic rings. The molecule has 29 heavy (non-hydrogen) atoms. The maximum atomic E-state index is 12.4. The number of amides is 1. The van der Waals surface area contributed by atoms with E-state index in [4.69, 9.17) is 0 Å². The van der Waals surface area contributed by atoms with Gasteiger partial charge in [-0.05, 0) is 47.2 Å². The van der Waals surface area contributed by atoms with Gasteiger partial charge in [0.05, 0.1) is 16.3 Å². The number of hydrogen-bond acceptors (Lipinski definition) is 7. The normalized spacial score (nSPS) is 11.6. The molecule has 3 aromatic rings. The Morgan fingerprint density at radius 1 is 1.17 bits per heavy atom. The Bertz CT molecular complexity index is 1110. The number of nitrogens with zero attached hydrogens (tertiary/aromatic N) is 5. The number of para-hydroxylation sites is 1. The minimum Gasteiger partial charge on any atom is -0.325 e. The van der Waals surface area contributed by atoms with Gasteiger partial charge < -0.3 is 5.32 Å². The number of anilines is 1. The van der Waals surface area contributed by atoms with Crippen LogP contribution in [0.4, 0.5) is 5.69 Å². The van der Waals surface area contributed by atoms with Crippen molar-refractivity contribution in [3.63, 3.8) is 0 Å². The summed E-state index contributed by atoms with van der Waals surface area (Å²) in [4.78, 5) is 12.5. The van der Waals surface area contributed by atoms with Crippen LogP contribution < -0.4 is 5.32 Å². The molecular formula is C18H20N6O3S2. The minimum absolute atomic E-state index is 0.0663. The molecule has 3 rings (SSSR count). The van der Waals surface area contributed by atoms with Gasteiger partial charge in [-0.3, -0.25) is 4.79 Å². The molecule has 0 aliphatic carbocycles. The Morgan fingerprint density at radius 2 is 1.90 bits per heavy atom. The Kier molecular flexibility index (Phi) is 6.30. The number of nitrogens with one attached hydrogen (secondary N) is 1. The van der Waals surface area contributed by atoms with Crippen LogP contribution >= 0.6 is 11.8 Å². The monoisotopic (exact) mass is 432 g/mol. The van der Waals surface area contributed by atoms with Crippen LogP contribution in [0, 0.1) is 6.92 Å². The summed E-state index contributed by atoms with van der Waals surface area (Å²) in [6.45, 7) is 1.71. The topological polar surface area (TPSA) is 110 Å². The smallest absolute Gasteiger partial charge is 0.242 e. The number of benzene rings is 2. The number of aromatic nitrogens is 4. The number of aryl methyl sites for hydroxylation is 1. The summed E-state index contributed by atoms with van der Waals surface area (Å²) < 4.78 is 27.5. The van der Waals surface area contributed by atoms with E-state index in [-0.39, 0.29) is 16.6 Å². The maximum Gasteiger partial charge on any atom is 0.242 e. The average molecular weight is 433 g/mol. The quantitative estimate of drug-likeness (QED) is 0.568. The zero-order valence-corrected chi connectivity index (χ0v) is 17.7. The van der Waals surface area contributed by atoms with Crippen molar-refractivity contribution in [1.82, 2.24) is 24.5 Å². The lowest BCUT2D eigenvalue weighted by molar-refractivity contribution is -0.113. The van der Waals surface area contributed by atoms with Crippen LogP contribution in [0.25, 0.3) is 5.69 Å². The third kappa shape index (κ3) is 4.81. The lowest BCUT2D eigenvalue weighted by Crippen LogP contribution is -2.23. The predicted octanol–water partition coefficient (Wildman–Crippen LogP) is 1.95. The van der Waals surface area contributed by atoms with Gasteiger partial charge in [0, 0.05) is 19.8 Å². The Balaban J connectivity index is 1.69. The van der Waals surface area contributed by atoms with E-state index in [1.165, 1.54) is 31.9 Å². The van der Waals surface area contributed by atoms with Gasteiger partial charge in [-0.1, -0.05) is 36.0 Å². The molecule has 0 spiro atoms. The summed E-state index contributed by atoms with van der Waals surface area (Å²) in [5, 5.41) is 14.8. The first-order chi connectivity index (χ1) is 13.8. The predicted molar refractivity (Wildman–Crippen MR) is 111 cm³/mol. The Hall–Kier alpha value is -2.76. The van der Waals surface area contributed by atoms with E-state index >= 15 is 0 Å². The molecule has 11 heteroatoms. The third-order valence-electron chi connectivity index (χ3n) is 4.00. The number of thioether (sulfide) groups is 1. The van der Waals surface area contributed by atoms with Crippen molar-refractivity contribution in [3.05, 3.63) is 54.1 Å². The van der Waals surface area contributed by atoms with E-state index < -0.39 is 10.0 Å². The largest absolute Gasteiger partial charge is 0.325 e. The average Bonchev–Trinajstić information content (AvgIpc) is 3.17. The van der Waals surface area contributed by atoms with Gasteiger partial charge in [0.25, 0.3) is 0 Å². The van der Waals surface area contributed by atoms with Crippen molar-refractivity contribution in [2.24, 2.45) is 0 Å². The lowest BCUT2D eigenvalue weighted by atomic mass is 10.2. The second-order valence-corrected chi connectivity index (χ2v) is 9.38. The van der Waals surface area contributed by atoms with Crippen molar-refractivity contribution in [3.8, 4) is 5.69 Å². The number of tetrazole rings is 1. The summed E-state index contributed by atoms with van der Waals surface area (Å²) in [6, 6.07) is 14.1. The molecule has 1 N–H and O–H groups in total. The second-order valence-electron chi connectivity index (χ2n) is 6.31. The number of rotatable bonds is 7. The molecule has 1 heterocycles. The maximum absolute atomic E-state index is 12.4. The molecule has 152 valence electrons. The highest BCUT2D eigenvalue weighted by atomic mass is 32.2. The van der Waals surface area contributed by atoms with E-state index in [2.05, 4.69) is 20.8 Å². The Labute approximate surface area is 173 Å². The zero-order valence-electron chi connectivity index (χ0n) is 16.1. The highest BCUT2D eigenvalue weighted by Crippen LogP contribution is 2.23. The van der Waals surface area contributed by atoms with Gasteiger partial charge in [0.1, 0.15) is 0 Å². The minimum atomic E-state index is -3.60. The van der Waals surface area contributed by atoms with Crippen LogP contribution in [0.5, 0.6) is 0 Å². The molecule has 0 saturated heterocycles. The van der Waals surface area contributed by atoms with Crippen LogP contribution in [-0.2, 0) is 14.8 Å². The molecule has 0 unspecified atom stereocenters. The SMILES string of the molecule is Cc1ccc(NC(=O)CSc2nnnn2-c2ccccc2)cc1S(=O)(=O)N(C)C. The molecule has 0 aliphatic heterocycles. The fourth-order valence-electron chi connectivity index (χ4n) is 2.48. The first-order valence-electron chi connectivity index (χ1n) is 8.58. The molecule has 0 atom stereocenters. The van der Waals surface area contributed by atoms with Crippen LogP contribution in [0.15, 0.2) is 58.6 Å². The Morgan fingerprint density at radius 3 is 2.59 bits per heavy atom. The van der Waals surface area contributed by atoms with Gasteiger partial charge in [0.15, 0.2) is 0 Å². The molecule has 9 nitrogen and oxygen atoms in total. The van der Waals surface area contributed by atoms with Crippen LogP contribution in [0.2, 0.25) is 0 Å². The molecule has 0 saturated carbocycles. The molecule has 0 radical (unpaired) electrons. The van der Waals surface area contributed by atoms with Crippen molar-refractivity contribution < 1.29 is 13.2 Å². The van der Waals surface area contributed by atoms with Gasteiger partial charge >= 0.3 is 0 Å². The number of hydrogen-bond donors (Lipinski definition) is 1. The molecule has 1 amide bonds. The molecule has 2 aromatic carbocycles. The number of carbonyl (C=O) groups is 1. The first-order valence-corrected chi connectivity index (χ1v) is 11.0. The van der Waals surface area contributed by atoms with Gasteiger partial charge in [0.2, 0.25) is 21.1 Å². The van der Waals surface area contributed by atoms with E-state index in [0.717, 1.165) is 9.99 Å². The van der Waals surface area contributed by atoms with Gasteiger partial charge in [-0.15, -0.1) is 5.10 Å². The van der Waals surface area contributed by atoms with E-state index in [1.54, 1.807) is 23.7 Å². The molecular weight excluding hydrogens is 412 g/mol. The fraction of sp³-hybridized carbons (Fsp3) is 0.222. The van der Waals surface area contributed by atoms with Crippen molar-refractivity contribution in [1.29, 1.82) is 0 Å². The highest BCUT2D eigenvalue weighted by Gasteiger charge is 2.20. The lowest BCUT2D eigenvalue weighted by Gasteiger charge is -2.15. The van der Waals surface area contributed by atoms with Gasteiger partial charge in [-0.2, -0.15) is 4.68 Å². The van der Waals surface area contributed by atoms with Crippen LogP contribution in [-0.4, -0.2) is 58.7 Å². The molecule has 1 aromatic heterocycles. The second kappa shape index (κ2) is 8.72. The van der Waals surface area contributed by atoms with Crippen LogP contribution in [0.1, 0.15) is 5.56 Å². The summed E-state index contributed by atoms with van der Waals surface area (Å²) in [6.07, 6.45) is 0. The van der Waals surface area contributed by atoms with E-state index in [9.17, 15) is 13.2 Å². The first kappa shape index (κ1) is 21.0. The summed E-state index contributed by atoms with van der Waals surface area (Å²) >= 11 is 1.18. The molecule has 0 fully saturated rings. The third-order valence-corrected chi connectivity index (χ3v) is 6.88. The van der Waals surface area contributed by atoms with E-state index in [0.29, 0.717) is 16.4 Å². The van der Waals surface area contributed by atoms with Crippen molar-refractivity contribution >= 4 is 33.4 Å². The van der Waals surface area contributed by atoms with Crippen molar-refractivity contribution in [2.75, 3.05) is 25.2 Å². The standard InChI is InChI=1S/C18H20N6O3S2/c1-13-9-10-14(11-16(13)29(26,27)23(2)3)19-17(25)12-28-18-20-21-22-24(18)15-7-5-4-6-8-15/h4-11H,12H2,1-3H3,(H,19,25). The number of sulfonamides is 1.